The van der Waals surface area contributed by atoms with Crippen LogP contribution in [0.3, 0.4) is 0 Å². The summed E-state index contributed by atoms with van der Waals surface area (Å²) in [6.45, 7) is 11.8. The Morgan fingerprint density at radius 2 is 1.95 bits per heavy atom. The number of rotatable bonds is 9. The fraction of sp³-hybridized carbons (Fsp3) is 0.938. The molecule has 20 heavy (non-hydrogen) atoms. The first-order chi connectivity index (χ1) is 9.69. The summed E-state index contributed by atoms with van der Waals surface area (Å²) in [4.78, 5) is 7.31. The predicted octanol–water partition coefficient (Wildman–Crippen LogP) is 2.07. The molecule has 4 heteroatoms. The van der Waals surface area contributed by atoms with Gasteiger partial charge in [0.05, 0.1) is 0 Å². The van der Waals surface area contributed by atoms with Gasteiger partial charge in [-0.3, -0.25) is 9.89 Å². The van der Waals surface area contributed by atoms with E-state index >= 15 is 0 Å². The van der Waals surface area contributed by atoms with Crippen LogP contribution in [0.25, 0.3) is 0 Å². The third-order valence-electron chi connectivity index (χ3n) is 3.90. The molecule has 0 saturated heterocycles. The molecule has 2 rings (SSSR count). The molecule has 0 unspecified atom stereocenters. The summed E-state index contributed by atoms with van der Waals surface area (Å²) in [7, 11) is 0. The standard InChI is InChI=1S/C16H32N4/c1-4-17-16(19-11-13(2)3)18-9-10-20(15-7-8-15)12-14-5-6-14/h13-15H,4-12H2,1-3H3,(H2,17,18,19). The molecule has 2 aliphatic rings. The van der Waals surface area contributed by atoms with Gasteiger partial charge in [-0.2, -0.15) is 0 Å². The molecule has 4 nitrogen and oxygen atoms in total. The highest BCUT2D eigenvalue weighted by atomic mass is 15.2. The van der Waals surface area contributed by atoms with Crippen molar-refractivity contribution in [3.05, 3.63) is 0 Å². The number of nitrogens with zero attached hydrogens (tertiary/aromatic N) is 2. The van der Waals surface area contributed by atoms with E-state index < -0.39 is 0 Å². The zero-order valence-corrected chi connectivity index (χ0v) is 13.5. The van der Waals surface area contributed by atoms with Gasteiger partial charge in [-0.1, -0.05) is 13.8 Å². The fourth-order valence-electron chi connectivity index (χ4n) is 2.43. The lowest BCUT2D eigenvalue weighted by Crippen LogP contribution is -2.42. The van der Waals surface area contributed by atoms with Crippen molar-refractivity contribution in [1.29, 1.82) is 0 Å². The van der Waals surface area contributed by atoms with Crippen LogP contribution in [0.4, 0.5) is 0 Å². The number of aliphatic imine (C=N–C) groups is 1. The third kappa shape index (κ3) is 6.12. The minimum Gasteiger partial charge on any atom is -0.357 e. The average molecular weight is 280 g/mol. The summed E-state index contributed by atoms with van der Waals surface area (Å²) in [5.74, 6) is 2.59. The molecule has 0 bridgehead atoms. The van der Waals surface area contributed by atoms with Gasteiger partial charge in [-0.25, -0.2) is 0 Å². The van der Waals surface area contributed by atoms with E-state index in [0.717, 1.165) is 44.1 Å². The van der Waals surface area contributed by atoms with Gasteiger partial charge in [-0.15, -0.1) is 0 Å². The van der Waals surface area contributed by atoms with Crippen LogP contribution >= 0.6 is 0 Å². The van der Waals surface area contributed by atoms with Crippen LogP contribution < -0.4 is 10.6 Å². The van der Waals surface area contributed by atoms with Crippen LogP contribution in [0.15, 0.2) is 4.99 Å². The quantitative estimate of drug-likeness (QED) is 0.502. The summed E-state index contributed by atoms with van der Waals surface area (Å²) in [5, 5.41) is 6.81. The maximum Gasteiger partial charge on any atom is 0.191 e. The van der Waals surface area contributed by atoms with E-state index in [0.29, 0.717) is 5.92 Å². The summed E-state index contributed by atoms with van der Waals surface area (Å²) in [6.07, 6.45) is 5.73. The second-order valence-corrected chi connectivity index (χ2v) is 6.71. The number of hydrogen-bond acceptors (Lipinski definition) is 2. The van der Waals surface area contributed by atoms with Crippen LogP contribution in [0.5, 0.6) is 0 Å². The highest BCUT2D eigenvalue weighted by molar-refractivity contribution is 5.79. The zero-order chi connectivity index (χ0) is 14.4. The van der Waals surface area contributed by atoms with Crippen molar-refractivity contribution in [3.8, 4) is 0 Å². The first-order valence-corrected chi connectivity index (χ1v) is 8.45. The van der Waals surface area contributed by atoms with E-state index in [-0.39, 0.29) is 0 Å². The molecule has 0 atom stereocenters. The van der Waals surface area contributed by atoms with E-state index in [4.69, 9.17) is 0 Å². The van der Waals surface area contributed by atoms with Crippen molar-refractivity contribution in [1.82, 2.24) is 15.5 Å². The smallest absolute Gasteiger partial charge is 0.191 e. The Morgan fingerprint density at radius 1 is 1.20 bits per heavy atom. The SMILES string of the molecule is CCNC(=NCC(C)C)NCCN(CC1CC1)C1CC1. The lowest BCUT2D eigenvalue weighted by molar-refractivity contribution is 0.256. The van der Waals surface area contributed by atoms with Crippen molar-refractivity contribution in [2.24, 2.45) is 16.8 Å². The monoisotopic (exact) mass is 280 g/mol. The van der Waals surface area contributed by atoms with Gasteiger partial charge in [-0.05, 0) is 44.4 Å². The molecule has 0 aliphatic heterocycles. The van der Waals surface area contributed by atoms with Crippen molar-refractivity contribution in [2.75, 3.05) is 32.7 Å². The second-order valence-electron chi connectivity index (χ2n) is 6.71. The molecule has 2 aliphatic carbocycles. The number of guanidine groups is 1. The Morgan fingerprint density at radius 3 is 2.50 bits per heavy atom. The Labute approximate surface area is 124 Å². The van der Waals surface area contributed by atoms with Crippen LogP contribution in [0.1, 0.15) is 46.5 Å². The fourth-order valence-corrected chi connectivity index (χ4v) is 2.43. The van der Waals surface area contributed by atoms with Gasteiger partial charge in [0.2, 0.25) is 0 Å². The maximum atomic E-state index is 4.62. The summed E-state index contributed by atoms with van der Waals surface area (Å²) >= 11 is 0. The molecule has 0 spiro atoms. The largest absolute Gasteiger partial charge is 0.357 e. The first-order valence-electron chi connectivity index (χ1n) is 8.45. The van der Waals surface area contributed by atoms with Crippen molar-refractivity contribution < 1.29 is 0 Å². The molecule has 0 aromatic carbocycles. The van der Waals surface area contributed by atoms with E-state index in [1.54, 1.807) is 0 Å². The Bertz CT molecular complexity index is 306. The predicted molar refractivity (Wildman–Crippen MR) is 86.1 cm³/mol. The summed E-state index contributed by atoms with van der Waals surface area (Å²) in [5.41, 5.74) is 0. The van der Waals surface area contributed by atoms with Crippen molar-refractivity contribution >= 4 is 5.96 Å². The van der Waals surface area contributed by atoms with Gasteiger partial charge in [0.15, 0.2) is 5.96 Å². The van der Waals surface area contributed by atoms with Crippen LogP contribution in [-0.4, -0.2) is 49.6 Å². The molecule has 0 radical (unpaired) electrons. The lowest BCUT2D eigenvalue weighted by Gasteiger charge is -2.22. The number of nitrogens with one attached hydrogen (secondary N) is 2. The Kier molecular flexibility index (Phi) is 6.14. The van der Waals surface area contributed by atoms with Crippen molar-refractivity contribution in [3.63, 3.8) is 0 Å². The zero-order valence-electron chi connectivity index (χ0n) is 13.5. The third-order valence-corrected chi connectivity index (χ3v) is 3.90. The Balaban J connectivity index is 1.68. The second kappa shape index (κ2) is 7.87. The summed E-state index contributed by atoms with van der Waals surface area (Å²) < 4.78 is 0. The molecule has 0 aromatic rings. The summed E-state index contributed by atoms with van der Waals surface area (Å²) in [6, 6.07) is 0.882. The minimum absolute atomic E-state index is 0.614. The van der Waals surface area contributed by atoms with E-state index in [9.17, 15) is 0 Å². The van der Waals surface area contributed by atoms with Gasteiger partial charge in [0.1, 0.15) is 0 Å². The van der Waals surface area contributed by atoms with Gasteiger partial charge in [0.25, 0.3) is 0 Å². The van der Waals surface area contributed by atoms with Crippen LogP contribution in [0, 0.1) is 11.8 Å². The van der Waals surface area contributed by atoms with Gasteiger partial charge >= 0.3 is 0 Å². The van der Waals surface area contributed by atoms with Crippen LogP contribution in [-0.2, 0) is 0 Å². The molecular formula is C16H32N4. The van der Waals surface area contributed by atoms with E-state index in [1.807, 2.05) is 0 Å². The van der Waals surface area contributed by atoms with E-state index in [1.165, 1.54) is 32.2 Å². The van der Waals surface area contributed by atoms with Crippen LogP contribution in [0.2, 0.25) is 0 Å². The molecule has 2 fully saturated rings. The molecule has 0 amide bonds. The molecular weight excluding hydrogens is 248 g/mol. The number of hydrogen-bond donors (Lipinski definition) is 2. The molecule has 116 valence electrons. The average Bonchev–Trinajstić information content (AvgIpc) is 3.27. The normalized spacial score (nSPS) is 19.8. The van der Waals surface area contributed by atoms with Crippen molar-refractivity contribution in [2.45, 2.75) is 52.5 Å². The van der Waals surface area contributed by atoms with E-state index in [2.05, 4.69) is 41.3 Å². The lowest BCUT2D eigenvalue weighted by atomic mass is 10.2. The topological polar surface area (TPSA) is 39.7 Å². The molecule has 2 saturated carbocycles. The Hall–Kier alpha value is -0.770. The first kappa shape index (κ1) is 15.6. The van der Waals surface area contributed by atoms with Gasteiger partial charge < -0.3 is 10.6 Å². The highest BCUT2D eigenvalue weighted by Crippen LogP contribution is 2.34. The highest BCUT2D eigenvalue weighted by Gasteiger charge is 2.33. The molecule has 0 aromatic heterocycles. The molecule has 2 N–H and O–H groups in total. The van der Waals surface area contributed by atoms with Gasteiger partial charge in [0, 0.05) is 38.8 Å². The maximum absolute atomic E-state index is 4.62. The molecule has 0 heterocycles. The minimum atomic E-state index is 0.614.